The Morgan fingerprint density at radius 3 is 2.59 bits per heavy atom. The molecule has 1 aliphatic heterocycles. The number of carbonyl (C=O) groups excluding carboxylic acids is 2. The topological polar surface area (TPSA) is 75.2 Å². The fourth-order valence-electron chi connectivity index (χ4n) is 2.56. The fourth-order valence-corrected chi connectivity index (χ4v) is 2.56. The van der Waals surface area contributed by atoms with Gasteiger partial charge in [-0.3, -0.25) is 9.59 Å². The summed E-state index contributed by atoms with van der Waals surface area (Å²) in [5.74, 6) is -0.0968. The molecular weight excluding hydrogens is 280 g/mol. The molecule has 2 aromatic rings. The first kappa shape index (κ1) is 14.2. The zero-order chi connectivity index (χ0) is 15.5. The van der Waals surface area contributed by atoms with Gasteiger partial charge in [-0.1, -0.05) is 0 Å². The van der Waals surface area contributed by atoms with Gasteiger partial charge < -0.3 is 10.2 Å². The first-order chi connectivity index (χ1) is 10.6. The van der Waals surface area contributed by atoms with Crippen molar-refractivity contribution in [2.75, 3.05) is 10.2 Å². The average Bonchev–Trinajstić information content (AvgIpc) is 2.88. The van der Waals surface area contributed by atoms with E-state index in [9.17, 15) is 9.59 Å². The summed E-state index contributed by atoms with van der Waals surface area (Å²) in [4.78, 5) is 25.7. The van der Waals surface area contributed by atoms with Crippen LogP contribution >= 0.6 is 0 Å². The number of nitrogens with one attached hydrogen (secondary N) is 1. The van der Waals surface area contributed by atoms with Gasteiger partial charge in [0.1, 0.15) is 0 Å². The van der Waals surface area contributed by atoms with Crippen LogP contribution in [0.3, 0.4) is 0 Å². The largest absolute Gasteiger partial charge is 0.322 e. The van der Waals surface area contributed by atoms with E-state index in [4.69, 9.17) is 0 Å². The molecule has 1 unspecified atom stereocenters. The summed E-state index contributed by atoms with van der Waals surface area (Å²) in [7, 11) is 0. The lowest BCUT2D eigenvalue weighted by Crippen LogP contribution is -2.30. The van der Waals surface area contributed by atoms with Crippen LogP contribution in [0.2, 0.25) is 0 Å². The van der Waals surface area contributed by atoms with Gasteiger partial charge >= 0.3 is 0 Å². The van der Waals surface area contributed by atoms with Crippen molar-refractivity contribution in [2.24, 2.45) is 0 Å². The van der Waals surface area contributed by atoms with E-state index in [1.54, 1.807) is 23.1 Å². The van der Waals surface area contributed by atoms with Gasteiger partial charge in [0.15, 0.2) is 0 Å². The minimum Gasteiger partial charge on any atom is -0.322 e. The van der Waals surface area contributed by atoms with E-state index in [1.165, 1.54) is 12.4 Å². The Kier molecular flexibility index (Phi) is 3.82. The van der Waals surface area contributed by atoms with E-state index in [-0.39, 0.29) is 17.9 Å². The van der Waals surface area contributed by atoms with Gasteiger partial charge in [-0.2, -0.15) is 10.2 Å². The summed E-state index contributed by atoms with van der Waals surface area (Å²) in [6.07, 6.45) is 4.35. The molecule has 3 rings (SSSR count). The zero-order valence-electron chi connectivity index (χ0n) is 12.2. The van der Waals surface area contributed by atoms with Crippen molar-refractivity contribution < 1.29 is 9.59 Å². The molecule has 1 aliphatic rings. The van der Waals surface area contributed by atoms with Crippen LogP contribution < -0.4 is 10.2 Å². The van der Waals surface area contributed by atoms with Gasteiger partial charge in [-0.05, 0) is 43.7 Å². The number of anilines is 2. The van der Waals surface area contributed by atoms with Gasteiger partial charge in [-0.25, -0.2) is 0 Å². The molecule has 1 aromatic heterocycles. The van der Waals surface area contributed by atoms with Crippen molar-refractivity contribution in [2.45, 2.75) is 25.8 Å². The Bertz CT molecular complexity index is 685. The Labute approximate surface area is 128 Å². The Balaban J connectivity index is 1.72. The van der Waals surface area contributed by atoms with Crippen LogP contribution in [0.25, 0.3) is 0 Å². The standard InChI is InChI=1S/C16H16N4O2/c1-11-2-7-15(21)20(11)14-5-3-13(4-6-14)19-16(22)12-8-9-17-18-10-12/h3-6,8-11H,2,7H2,1H3,(H,19,22). The molecule has 22 heavy (non-hydrogen) atoms. The van der Waals surface area contributed by atoms with E-state index in [2.05, 4.69) is 15.5 Å². The Hall–Kier alpha value is -2.76. The maximum Gasteiger partial charge on any atom is 0.257 e. The van der Waals surface area contributed by atoms with Crippen LogP contribution in [0.5, 0.6) is 0 Å². The molecule has 1 aromatic carbocycles. The van der Waals surface area contributed by atoms with E-state index >= 15 is 0 Å². The number of nitrogens with zero attached hydrogens (tertiary/aromatic N) is 3. The van der Waals surface area contributed by atoms with Crippen LogP contribution in [-0.4, -0.2) is 28.1 Å². The first-order valence-electron chi connectivity index (χ1n) is 7.15. The predicted octanol–water partition coefficient (Wildman–Crippen LogP) is 2.24. The molecule has 1 atom stereocenters. The van der Waals surface area contributed by atoms with Crippen molar-refractivity contribution in [3.8, 4) is 0 Å². The predicted molar refractivity (Wildman–Crippen MR) is 82.6 cm³/mol. The molecule has 1 fully saturated rings. The van der Waals surface area contributed by atoms with E-state index in [1.807, 2.05) is 19.1 Å². The molecule has 0 saturated carbocycles. The number of carbonyl (C=O) groups is 2. The minimum atomic E-state index is -0.242. The highest BCUT2D eigenvalue weighted by Gasteiger charge is 2.28. The molecule has 112 valence electrons. The van der Waals surface area contributed by atoms with Crippen LogP contribution in [0.1, 0.15) is 30.1 Å². The quantitative estimate of drug-likeness (QED) is 0.942. The summed E-state index contributed by atoms with van der Waals surface area (Å²) in [5.41, 5.74) is 1.98. The van der Waals surface area contributed by atoms with Crippen molar-refractivity contribution >= 4 is 23.2 Å². The van der Waals surface area contributed by atoms with Crippen LogP contribution in [0.4, 0.5) is 11.4 Å². The Morgan fingerprint density at radius 2 is 2.00 bits per heavy atom. The van der Waals surface area contributed by atoms with Crippen LogP contribution in [0, 0.1) is 0 Å². The molecule has 0 spiro atoms. The van der Waals surface area contributed by atoms with Gasteiger partial charge in [-0.15, -0.1) is 0 Å². The first-order valence-corrected chi connectivity index (χ1v) is 7.15. The van der Waals surface area contributed by atoms with Crippen molar-refractivity contribution in [3.63, 3.8) is 0 Å². The molecule has 2 amide bonds. The summed E-state index contributed by atoms with van der Waals surface area (Å²) >= 11 is 0. The molecule has 0 bridgehead atoms. The molecule has 1 saturated heterocycles. The fraction of sp³-hybridized carbons (Fsp3) is 0.250. The summed E-state index contributed by atoms with van der Waals surface area (Å²) in [6, 6.07) is 9.10. The third-order valence-corrected chi connectivity index (χ3v) is 3.74. The summed E-state index contributed by atoms with van der Waals surface area (Å²) in [5, 5.41) is 10.1. The molecule has 1 N–H and O–H groups in total. The highest BCUT2D eigenvalue weighted by Crippen LogP contribution is 2.27. The lowest BCUT2D eigenvalue weighted by Gasteiger charge is -2.21. The molecule has 0 radical (unpaired) electrons. The van der Waals surface area contributed by atoms with Crippen LogP contribution in [-0.2, 0) is 4.79 Å². The van der Waals surface area contributed by atoms with Crippen molar-refractivity contribution in [1.82, 2.24) is 10.2 Å². The zero-order valence-corrected chi connectivity index (χ0v) is 12.2. The highest BCUT2D eigenvalue weighted by atomic mass is 16.2. The molecule has 6 heteroatoms. The highest BCUT2D eigenvalue weighted by molar-refractivity contribution is 6.04. The third-order valence-electron chi connectivity index (χ3n) is 3.74. The third kappa shape index (κ3) is 2.81. The monoisotopic (exact) mass is 296 g/mol. The lowest BCUT2D eigenvalue weighted by atomic mass is 10.2. The number of hydrogen-bond acceptors (Lipinski definition) is 4. The van der Waals surface area contributed by atoms with E-state index in [0.29, 0.717) is 17.7 Å². The van der Waals surface area contributed by atoms with Gasteiger partial charge in [0, 0.05) is 23.8 Å². The van der Waals surface area contributed by atoms with Crippen molar-refractivity contribution in [1.29, 1.82) is 0 Å². The van der Waals surface area contributed by atoms with Crippen molar-refractivity contribution in [3.05, 3.63) is 48.3 Å². The average molecular weight is 296 g/mol. The second kappa shape index (κ2) is 5.93. The second-order valence-corrected chi connectivity index (χ2v) is 5.28. The van der Waals surface area contributed by atoms with E-state index in [0.717, 1.165) is 12.1 Å². The van der Waals surface area contributed by atoms with Gasteiger partial charge in [0.25, 0.3) is 5.91 Å². The maximum absolute atomic E-state index is 12.0. The molecular formula is C16H16N4O2. The molecule has 2 heterocycles. The number of benzene rings is 1. The lowest BCUT2D eigenvalue weighted by molar-refractivity contribution is -0.117. The van der Waals surface area contributed by atoms with Gasteiger partial charge in [0.05, 0.1) is 18.0 Å². The maximum atomic E-state index is 12.0. The molecule has 0 aliphatic carbocycles. The number of amides is 2. The molecule has 6 nitrogen and oxygen atoms in total. The summed E-state index contributed by atoms with van der Waals surface area (Å²) < 4.78 is 0. The number of rotatable bonds is 3. The summed E-state index contributed by atoms with van der Waals surface area (Å²) in [6.45, 7) is 2.04. The van der Waals surface area contributed by atoms with Crippen LogP contribution in [0.15, 0.2) is 42.7 Å². The number of hydrogen-bond donors (Lipinski definition) is 1. The number of aromatic nitrogens is 2. The minimum absolute atomic E-state index is 0.146. The van der Waals surface area contributed by atoms with Gasteiger partial charge in [0.2, 0.25) is 5.91 Å². The smallest absolute Gasteiger partial charge is 0.257 e. The normalized spacial score (nSPS) is 17.6. The Morgan fingerprint density at radius 1 is 1.23 bits per heavy atom. The van der Waals surface area contributed by atoms with E-state index < -0.39 is 0 Å². The second-order valence-electron chi connectivity index (χ2n) is 5.28. The SMILES string of the molecule is CC1CCC(=O)N1c1ccc(NC(=O)c2ccnnc2)cc1.